The number of carbonyl (C=O) groups excluding carboxylic acids is 1. The molecule has 1 aliphatic heterocycles. The highest BCUT2D eigenvalue weighted by atomic mass is 16.5. The van der Waals surface area contributed by atoms with E-state index in [0.29, 0.717) is 6.61 Å². The summed E-state index contributed by atoms with van der Waals surface area (Å²) >= 11 is 0. The lowest BCUT2D eigenvalue weighted by Crippen LogP contribution is -2.51. The molecule has 1 saturated heterocycles. The van der Waals surface area contributed by atoms with Crippen LogP contribution in [0.1, 0.15) is 12.8 Å². The number of nitrogens with zero attached hydrogens (tertiary/aromatic N) is 1. The zero-order valence-corrected chi connectivity index (χ0v) is 8.57. The molecule has 1 aliphatic carbocycles. The Kier molecular flexibility index (Phi) is 3.03. The summed E-state index contributed by atoms with van der Waals surface area (Å²) in [6, 6.07) is -0.172. The van der Waals surface area contributed by atoms with E-state index in [9.17, 15) is 4.79 Å². The second kappa shape index (κ2) is 4.28. The van der Waals surface area contributed by atoms with Gasteiger partial charge in [0.05, 0.1) is 20.3 Å². The first-order chi connectivity index (χ1) is 6.81. The second-order valence-corrected chi connectivity index (χ2v) is 4.05. The Morgan fingerprint density at radius 2 is 2.36 bits per heavy atom. The summed E-state index contributed by atoms with van der Waals surface area (Å²) in [6.07, 6.45) is 2.62. The van der Waals surface area contributed by atoms with Crippen LogP contribution in [0.15, 0.2) is 0 Å². The van der Waals surface area contributed by atoms with Crippen molar-refractivity contribution in [2.45, 2.75) is 18.9 Å². The van der Waals surface area contributed by atoms with Crippen molar-refractivity contribution in [2.24, 2.45) is 5.92 Å². The van der Waals surface area contributed by atoms with Crippen LogP contribution in [0.5, 0.6) is 0 Å². The number of morpholine rings is 1. The van der Waals surface area contributed by atoms with Gasteiger partial charge in [-0.2, -0.15) is 0 Å². The molecule has 0 bridgehead atoms. The summed E-state index contributed by atoms with van der Waals surface area (Å²) in [5.74, 6) is 0.644. The lowest BCUT2D eigenvalue weighted by atomic mass is 10.2. The zero-order valence-electron chi connectivity index (χ0n) is 8.57. The quantitative estimate of drug-likeness (QED) is 0.612. The molecule has 1 unspecified atom stereocenters. The molecule has 0 aromatic carbocycles. The molecular formula is C10H17NO3. The third-order valence-corrected chi connectivity index (χ3v) is 2.90. The smallest absolute Gasteiger partial charge is 0.325 e. The molecule has 2 fully saturated rings. The minimum atomic E-state index is -0.172. The molecule has 0 aromatic rings. The fraction of sp³-hybridized carbons (Fsp3) is 0.900. The minimum absolute atomic E-state index is 0.162. The number of carbonyl (C=O) groups is 1. The average Bonchev–Trinajstić information content (AvgIpc) is 3.01. The number of hydrogen-bond acceptors (Lipinski definition) is 4. The van der Waals surface area contributed by atoms with Gasteiger partial charge in [0.25, 0.3) is 0 Å². The predicted octanol–water partition coefficient (Wildman–Crippen LogP) is 0.270. The van der Waals surface area contributed by atoms with Crippen molar-refractivity contribution in [2.75, 3.05) is 33.4 Å². The predicted molar refractivity (Wildman–Crippen MR) is 50.9 cm³/mol. The van der Waals surface area contributed by atoms with Crippen LogP contribution in [0.25, 0.3) is 0 Å². The molecule has 80 valence electrons. The zero-order chi connectivity index (χ0) is 9.97. The summed E-state index contributed by atoms with van der Waals surface area (Å²) < 4.78 is 10.1. The summed E-state index contributed by atoms with van der Waals surface area (Å²) in [5.41, 5.74) is 0. The Morgan fingerprint density at radius 1 is 1.57 bits per heavy atom. The van der Waals surface area contributed by atoms with Crippen LogP contribution in [0.3, 0.4) is 0 Å². The van der Waals surface area contributed by atoms with Gasteiger partial charge in [-0.05, 0) is 18.8 Å². The fourth-order valence-corrected chi connectivity index (χ4v) is 1.84. The molecule has 4 nitrogen and oxygen atoms in total. The van der Waals surface area contributed by atoms with Crippen molar-refractivity contribution in [1.82, 2.24) is 4.90 Å². The van der Waals surface area contributed by atoms with E-state index in [0.717, 1.165) is 25.6 Å². The maximum atomic E-state index is 11.4. The van der Waals surface area contributed by atoms with Crippen LogP contribution < -0.4 is 0 Å². The van der Waals surface area contributed by atoms with E-state index in [1.807, 2.05) is 0 Å². The lowest BCUT2D eigenvalue weighted by Gasteiger charge is -2.33. The minimum Gasteiger partial charge on any atom is -0.468 e. The van der Waals surface area contributed by atoms with Crippen molar-refractivity contribution in [3.63, 3.8) is 0 Å². The van der Waals surface area contributed by atoms with Gasteiger partial charge in [0, 0.05) is 13.1 Å². The highest BCUT2D eigenvalue weighted by Crippen LogP contribution is 2.30. The van der Waals surface area contributed by atoms with Gasteiger partial charge in [0.1, 0.15) is 6.04 Å². The van der Waals surface area contributed by atoms with E-state index < -0.39 is 0 Å². The summed E-state index contributed by atoms with van der Waals surface area (Å²) in [4.78, 5) is 13.6. The molecule has 0 radical (unpaired) electrons. The van der Waals surface area contributed by atoms with Crippen LogP contribution in [0.2, 0.25) is 0 Å². The van der Waals surface area contributed by atoms with Gasteiger partial charge in [-0.3, -0.25) is 9.69 Å². The highest BCUT2D eigenvalue weighted by molar-refractivity contribution is 5.75. The van der Waals surface area contributed by atoms with Crippen molar-refractivity contribution in [1.29, 1.82) is 0 Å². The van der Waals surface area contributed by atoms with Gasteiger partial charge in [-0.25, -0.2) is 0 Å². The van der Waals surface area contributed by atoms with E-state index in [1.165, 1.54) is 20.0 Å². The van der Waals surface area contributed by atoms with Crippen molar-refractivity contribution < 1.29 is 14.3 Å². The van der Waals surface area contributed by atoms with Gasteiger partial charge < -0.3 is 9.47 Å². The summed E-state index contributed by atoms with van der Waals surface area (Å²) in [6.45, 7) is 3.11. The van der Waals surface area contributed by atoms with Crippen LogP contribution >= 0.6 is 0 Å². The van der Waals surface area contributed by atoms with Gasteiger partial charge in [0.2, 0.25) is 0 Å². The monoisotopic (exact) mass is 199 g/mol. The summed E-state index contributed by atoms with van der Waals surface area (Å²) in [5, 5.41) is 0. The van der Waals surface area contributed by atoms with E-state index in [4.69, 9.17) is 9.47 Å². The Balaban J connectivity index is 1.91. The van der Waals surface area contributed by atoms with Gasteiger partial charge in [0.15, 0.2) is 0 Å². The Morgan fingerprint density at radius 3 is 3.00 bits per heavy atom. The highest BCUT2D eigenvalue weighted by Gasteiger charge is 2.34. The van der Waals surface area contributed by atoms with Crippen molar-refractivity contribution in [3.8, 4) is 0 Å². The standard InChI is InChI=1S/C10H17NO3/c1-13-10(12)9-7-14-5-4-11(9)6-8-2-3-8/h8-9H,2-7H2,1H3. The van der Waals surface area contributed by atoms with E-state index in [2.05, 4.69) is 4.90 Å². The van der Waals surface area contributed by atoms with Crippen molar-refractivity contribution in [3.05, 3.63) is 0 Å². The molecular weight excluding hydrogens is 182 g/mol. The second-order valence-electron chi connectivity index (χ2n) is 4.05. The molecule has 1 heterocycles. The Labute approximate surface area is 84.2 Å². The summed E-state index contributed by atoms with van der Waals surface area (Å²) in [7, 11) is 1.44. The first-order valence-electron chi connectivity index (χ1n) is 5.21. The van der Waals surface area contributed by atoms with Crippen LogP contribution in [-0.2, 0) is 14.3 Å². The van der Waals surface area contributed by atoms with E-state index >= 15 is 0 Å². The first-order valence-corrected chi connectivity index (χ1v) is 5.21. The molecule has 0 N–H and O–H groups in total. The average molecular weight is 199 g/mol. The Hall–Kier alpha value is -0.610. The molecule has 14 heavy (non-hydrogen) atoms. The molecule has 0 amide bonds. The van der Waals surface area contributed by atoms with Crippen molar-refractivity contribution >= 4 is 5.97 Å². The van der Waals surface area contributed by atoms with Crippen LogP contribution in [-0.4, -0.2) is 50.3 Å². The van der Waals surface area contributed by atoms with Crippen LogP contribution in [0.4, 0.5) is 0 Å². The fourth-order valence-electron chi connectivity index (χ4n) is 1.84. The maximum Gasteiger partial charge on any atom is 0.325 e. The maximum absolute atomic E-state index is 11.4. The molecule has 2 rings (SSSR count). The molecule has 1 saturated carbocycles. The van der Waals surface area contributed by atoms with Gasteiger partial charge in [-0.15, -0.1) is 0 Å². The van der Waals surface area contributed by atoms with E-state index in [1.54, 1.807) is 0 Å². The normalized spacial score (nSPS) is 28.8. The lowest BCUT2D eigenvalue weighted by molar-refractivity contribution is -0.153. The molecule has 0 spiro atoms. The van der Waals surface area contributed by atoms with Gasteiger partial charge >= 0.3 is 5.97 Å². The molecule has 2 aliphatic rings. The largest absolute Gasteiger partial charge is 0.468 e. The number of methoxy groups -OCH3 is 1. The Bertz CT molecular complexity index is 215. The number of esters is 1. The SMILES string of the molecule is COC(=O)C1COCCN1CC1CC1. The topological polar surface area (TPSA) is 38.8 Å². The third kappa shape index (κ3) is 2.25. The number of rotatable bonds is 3. The first kappa shape index (κ1) is 9.93. The molecule has 0 aromatic heterocycles. The number of ether oxygens (including phenoxy) is 2. The van der Waals surface area contributed by atoms with Crippen LogP contribution in [0, 0.1) is 5.92 Å². The van der Waals surface area contributed by atoms with E-state index in [-0.39, 0.29) is 12.0 Å². The molecule has 1 atom stereocenters. The van der Waals surface area contributed by atoms with Gasteiger partial charge in [-0.1, -0.05) is 0 Å². The number of hydrogen-bond donors (Lipinski definition) is 0. The third-order valence-electron chi connectivity index (χ3n) is 2.90. The molecule has 4 heteroatoms.